The molecule has 0 unspecified atom stereocenters. The summed E-state index contributed by atoms with van der Waals surface area (Å²) in [5.41, 5.74) is 1.61. The Morgan fingerprint density at radius 1 is 1.29 bits per heavy atom. The zero-order chi connectivity index (χ0) is 20.0. The molecule has 0 bridgehead atoms. The van der Waals surface area contributed by atoms with Crippen molar-refractivity contribution in [1.29, 1.82) is 5.26 Å². The number of aromatic nitrogens is 2. The number of hydrogen-bond donors (Lipinski definition) is 1. The smallest absolute Gasteiger partial charge is 0.234 e. The molecule has 1 aromatic heterocycles. The van der Waals surface area contributed by atoms with Crippen molar-refractivity contribution in [2.45, 2.75) is 55.3 Å². The van der Waals surface area contributed by atoms with Gasteiger partial charge in [0.05, 0.1) is 11.8 Å². The van der Waals surface area contributed by atoms with Crippen molar-refractivity contribution in [1.82, 2.24) is 15.1 Å². The Bertz CT molecular complexity index is 837. The van der Waals surface area contributed by atoms with Gasteiger partial charge in [0.1, 0.15) is 5.54 Å². The number of amides is 1. The number of carbonyl (C=O) groups is 1. The van der Waals surface area contributed by atoms with Crippen LogP contribution in [0.1, 0.15) is 44.6 Å². The van der Waals surface area contributed by atoms with Crippen LogP contribution in [0.5, 0.6) is 0 Å². The van der Waals surface area contributed by atoms with Crippen LogP contribution in [0.25, 0.3) is 0 Å². The summed E-state index contributed by atoms with van der Waals surface area (Å²) in [6.45, 7) is 2.13. The lowest BCUT2D eigenvalue weighted by Crippen LogP contribution is -2.50. The van der Waals surface area contributed by atoms with Gasteiger partial charge in [-0.05, 0) is 37.0 Å². The molecule has 3 rings (SSSR count). The number of nitrogens with one attached hydrogen (secondary N) is 1. The van der Waals surface area contributed by atoms with Gasteiger partial charge >= 0.3 is 0 Å². The molecule has 1 heterocycles. The number of nitriles is 1. The molecule has 2 aromatic rings. The zero-order valence-electron chi connectivity index (χ0n) is 16.3. The topological polar surface area (TPSA) is 81.9 Å². The summed E-state index contributed by atoms with van der Waals surface area (Å²) < 4.78 is 0.740. The molecule has 0 radical (unpaired) electrons. The number of rotatable bonds is 7. The summed E-state index contributed by atoms with van der Waals surface area (Å²) in [5, 5.41) is 21.9. The van der Waals surface area contributed by atoms with Gasteiger partial charge in [0.25, 0.3) is 0 Å². The van der Waals surface area contributed by atoms with Crippen molar-refractivity contribution < 1.29 is 4.79 Å². The first kappa shape index (κ1) is 20.6. The molecular weight excluding hydrogens is 390 g/mol. The third kappa shape index (κ3) is 4.83. The molecule has 1 saturated carbocycles. The van der Waals surface area contributed by atoms with Crippen molar-refractivity contribution in [3.63, 3.8) is 0 Å². The van der Waals surface area contributed by atoms with E-state index in [2.05, 4.69) is 40.6 Å². The van der Waals surface area contributed by atoms with E-state index in [1.54, 1.807) is 11.9 Å². The Labute approximate surface area is 174 Å². The third-order valence-electron chi connectivity index (χ3n) is 5.24. The Balaban J connectivity index is 1.54. The summed E-state index contributed by atoms with van der Waals surface area (Å²) in [6.07, 6.45) is 5.68. The maximum Gasteiger partial charge on any atom is 0.234 e. The molecule has 0 saturated heterocycles. The molecule has 1 N–H and O–H groups in total. The van der Waals surface area contributed by atoms with Gasteiger partial charge < -0.3 is 10.2 Å². The Kier molecular flexibility index (Phi) is 6.92. The van der Waals surface area contributed by atoms with E-state index < -0.39 is 5.54 Å². The summed E-state index contributed by atoms with van der Waals surface area (Å²) in [4.78, 5) is 14.3. The monoisotopic (exact) mass is 415 g/mol. The number of hydrogen-bond acceptors (Lipinski definition) is 7. The second-order valence-corrected chi connectivity index (χ2v) is 9.19. The van der Waals surface area contributed by atoms with Gasteiger partial charge in [-0.2, -0.15) is 5.26 Å². The van der Waals surface area contributed by atoms with Gasteiger partial charge in [0, 0.05) is 12.7 Å². The molecule has 1 aliphatic rings. The second-order valence-electron chi connectivity index (χ2n) is 6.99. The average molecular weight is 416 g/mol. The summed E-state index contributed by atoms with van der Waals surface area (Å²) in [6, 6.07) is 10.6. The van der Waals surface area contributed by atoms with Crippen molar-refractivity contribution in [3.8, 4) is 6.07 Å². The molecule has 6 nitrogen and oxygen atoms in total. The van der Waals surface area contributed by atoms with Crippen LogP contribution in [-0.2, 0) is 11.2 Å². The van der Waals surface area contributed by atoms with E-state index in [-0.39, 0.29) is 11.7 Å². The van der Waals surface area contributed by atoms with Crippen molar-refractivity contribution in [3.05, 3.63) is 29.8 Å². The molecule has 1 aromatic carbocycles. The normalized spacial score (nSPS) is 15.6. The minimum absolute atomic E-state index is 0.0340. The van der Waals surface area contributed by atoms with Crippen molar-refractivity contribution in [2.75, 3.05) is 18.1 Å². The highest BCUT2D eigenvalue weighted by Crippen LogP contribution is 2.34. The van der Waals surface area contributed by atoms with E-state index in [9.17, 15) is 10.1 Å². The quantitative estimate of drug-likeness (QED) is 0.665. The molecular formula is C20H25N5OS2. The number of nitrogens with zero attached hydrogens (tertiary/aromatic N) is 4. The lowest BCUT2D eigenvalue weighted by molar-refractivity contribution is -0.131. The Morgan fingerprint density at radius 2 is 2.00 bits per heavy atom. The minimum Gasteiger partial charge on any atom is -0.330 e. The molecule has 1 amide bonds. The molecule has 0 atom stereocenters. The van der Waals surface area contributed by atoms with Crippen LogP contribution in [0.3, 0.4) is 0 Å². The number of aryl methyl sites for hydroxylation is 1. The number of thioether (sulfide) groups is 1. The summed E-state index contributed by atoms with van der Waals surface area (Å²) in [7, 11) is 1.75. The predicted molar refractivity (Wildman–Crippen MR) is 114 cm³/mol. The predicted octanol–water partition coefficient (Wildman–Crippen LogP) is 4.62. The maximum atomic E-state index is 12.6. The van der Waals surface area contributed by atoms with Crippen LogP contribution in [0, 0.1) is 11.3 Å². The Morgan fingerprint density at radius 3 is 2.64 bits per heavy atom. The lowest BCUT2D eigenvalue weighted by Gasteiger charge is -2.38. The van der Waals surface area contributed by atoms with E-state index in [0.29, 0.717) is 5.13 Å². The standard InChI is InChI=1S/C20H25N5OS2/c1-3-15-7-9-16(10-8-15)22-18-23-24-19(28-18)27-13-17(26)25(2)20(14-21)11-5-4-6-12-20/h7-10H,3-6,11-13H2,1-2H3,(H,22,23). The van der Waals surface area contributed by atoms with E-state index in [1.165, 1.54) is 28.7 Å². The molecule has 8 heteroatoms. The number of benzene rings is 1. The van der Waals surface area contributed by atoms with Crippen molar-refractivity contribution >= 4 is 39.8 Å². The van der Waals surface area contributed by atoms with Crippen LogP contribution in [0.4, 0.5) is 10.8 Å². The highest BCUT2D eigenvalue weighted by molar-refractivity contribution is 8.01. The fraction of sp³-hybridized carbons (Fsp3) is 0.500. The minimum atomic E-state index is -0.644. The van der Waals surface area contributed by atoms with Gasteiger partial charge in [-0.1, -0.05) is 61.4 Å². The molecule has 148 valence electrons. The molecule has 0 spiro atoms. The van der Waals surface area contributed by atoms with Crippen LogP contribution < -0.4 is 5.32 Å². The number of carbonyl (C=O) groups excluding carboxylic acids is 1. The van der Waals surface area contributed by atoms with E-state index in [4.69, 9.17) is 0 Å². The number of anilines is 2. The van der Waals surface area contributed by atoms with Gasteiger partial charge in [-0.25, -0.2) is 0 Å². The SMILES string of the molecule is CCc1ccc(Nc2nnc(SCC(=O)N(C)C3(C#N)CCCCC3)s2)cc1. The van der Waals surface area contributed by atoms with Gasteiger partial charge in [-0.15, -0.1) is 10.2 Å². The largest absolute Gasteiger partial charge is 0.330 e. The first-order valence-corrected chi connectivity index (χ1v) is 11.4. The fourth-order valence-electron chi connectivity index (χ4n) is 3.38. The van der Waals surface area contributed by atoms with Gasteiger partial charge in [0.15, 0.2) is 4.34 Å². The first-order chi connectivity index (χ1) is 13.6. The summed E-state index contributed by atoms with van der Waals surface area (Å²) >= 11 is 2.80. The average Bonchev–Trinajstić information content (AvgIpc) is 3.19. The van der Waals surface area contributed by atoms with E-state index >= 15 is 0 Å². The molecule has 1 aliphatic carbocycles. The highest BCUT2D eigenvalue weighted by atomic mass is 32.2. The molecule has 1 fully saturated rings. The fourth-order valence-corrected chi connectivity index (χ4v) is 5.07. The van der Waals surface area contributed by atoms with Crippen LogP contribution in [-0.4, -0.2) is 39.3 Å². The van der Waals surface area contributed by atoms with Gasteiger partial charge in [0.2, 0.25) is 11.0 Å². The lowest BCUT2D eigenvalue weighted by atomic mass is 9.81. The van der Waals surface area contributed by atoms with Crippen LogP contribution in [0.2, 0.25) is 0 Å². The third-order valence-corrected chi connectivity index (χ3v) is 7.20. The Hall–Kier alpha value is -2.11. The zero-order valence-corrected chi connectivity index (χ0v) is 17.9. The van der Waals surface area contributed by atoms with Crippen LogP contribution >= 0.6 is 23.1 Å². The highest BCUT2D eigenvalue weighted by Gasteiger charge is 2.38. The molecule has 28 heavy (non-hydrogen) atoms. The second kappa shape index (κ2) is 9.39. The van der Waals surface area contributed by atoms with Gasteiger partial charge in [-0.3, -0.25) is 4.79 Å². The van der Waals surface area contributed by atoms with Crippen molar-refractivity contribution in [2.24, 2.45) is 0 Å². The maximum absolute atomic E-state index is 12.6. The summed E-state index contributed by atoms with van der Waals surface area (Å²) in [5.74, 6) is 0.230. The van der Waals surface area contributed by atoms with E-state index in [0.717, 1.165) is 48.6 Å². The van der Waals surface area contributed by atoms with Crippen LogP contribution in [0.15, 0.2) is 28.6 Å². The molecule has 0 aliphatic heterocycles. The van der Waals surface area contributed by atoms with E-state index in [1.807, 2.05) is 12.1 Å². The first-order valence-electron chi connectivity index (χ1n) is 9.56.